The number of carbonyl (C=O) groups excluding carboxylic acids is 2. The fraction of sp³-hybridized carbons (Fsp3) is 0.391. The molecule has 0 spiro atoms. The first kappa shape index (κ1) is 21.5. The number of nitrogens with zero attached hydrogens (tertiary/aromatic N) is 2. The van der Waals surface area contributed by atoms with E-state index in [0.29, 0.717) is 49.8 Å². The summed E-state index contributed by atoms with van der Waals surface area (Å²) < 4.78 is 16.2. The first-order valence-electron chi connectivity index (χ1n) is 10.2. The van der Waals surface area contributed by atoms with E-state index in [-0.39, 0.29) is 18.4 Å². The zero-order valence-electron chi connectivity index (χ0n) is 17.5. The van der Waals surface area contributed by atoms with Crippen molar-refractivity contribution in [3.8, 4) is 17.2 Å². The monoisotopic (exact) mass is 412 g/mol. The normalized spacial score (nSPS) is 14.1. The quantitative estimate of drug-likeness (QED) is 0.700. The van der Waals surface area contributed by atoms with Crippen molar-refractivity contribution in [2.24, 2.45) is 0 Å². The third-order valence-corrected chi connectivity index (χ3v) is 4.97. The number of methoxy groups -OCH3 is 1. The zero-order chi connectivity index (χ0) is 21.3. The number of rotatable bonds is 7. The highest BCUT2D eigenvalue weighted by Gasteiger charge is 2.23. The van der Waals surface area contributed by atoms with E-state index in [0.717, 1.165) is 12.2 Å². The van der Waals surface area contributed by atoms with Gasteiger partial charge in [-0.05, 0) is 61.9 Å². The van der Waals surface area contributed by atoms with E-state index < -0.39 is 0 Å². The van der Waals surface area contributed by atoms with Crippen LogP contribution < -0.4 is 14.2 Å². The Morgan fingerprint density at radius 3 is 2.00 bits per heavy atom. The summed E-state index contributed by atoms with van der Waals surface area (Å²) in [6.45, 7) is 4.72. The molecule has 0 atom stereocenters. The van der Waals surface area contributed by atoms with Gasteiger partial charge in [0.1, 0.15) is 17.2 Å². The predicted octanol–water partition coefficient (Wildman–Crippen LogP) is 2.85. The number of benzene rings is 2. The molecule has 2 aromatic rings. The largest absolute Gasteiger partial charge is 0.497 e. The molecular formula is C23H28N2O5. The molecule has 1 saturated heterocycles. The minimum absolute atomic E-state index is 0.0274. The van der Waals surface area contributed by atoms with Crippen LogP contribution in [0.15, 0.2) is 48.5 Å². The molecule has 0 unspecified atom stereocenters. The average molecular weight is 412 g/mol. The Labute approximate surface area is 177 Å². The van der Waals surface area contributed by atoms with Crippen LogP contribution in [-0.4, -0.2) is 68.1 Å². The van der Waals surface area contributed by atoms with Crippen LogP contribution in [0, 0.1) is 0 Å². The number of hydrogen-bond donors (Lipinski definition) is 0. The van der Waals surface area contributed by atoms with Crippen LogP contribution in [0.1, 0.15) is 23.7 Å². The van der Waals surface area contributed by atoms with Gasteiger partial charge in [0.05, 0.1) is 13.7 Å². The molecule has 160 valence electrons. The van der Waals surface area contributed by atoms with E-state index in [4.69, 9.17) is 14.2 Å². The Hall–Kier alpha value is -3.22. The van der Waals surface area contributed by atoms with Gasteiger partial charge in [0.15, 0.2) is 6.61 Å². The SMILES string of the molecule is CCOc1ccc(OCC(=O)N2CCCN(C(=O)c3ccc(OC)cc3)CC2)cc1. The van der Waals surface area contributed by atoms with Gasteiger partial charge in [0.2, 0.25) is 0 Å². The van der Waals surface area contributed by atoms with Crippen molar-refractivity contribution in [1.82, 2.24) is 9.80 Å². The molecule has 0 aliphatic carbocycles. The zero-order valence-corrected chi connectivity index (χ0v) is 17.5. The lowest BCUT2D eigenvalue weighted by atomic mass is 10.2. The number of hydrogen-bond acceptors (Lipinski definition) is 5. The van der Waals surface area contributed by atoms with Crippen LogP contribution >= 0.6 is 0 Å². The van der Waals surface area contributed by atoms with Crippen LogP contribution in [-0.2, 0) is 4.79 Å². The Morgan fingerprint density at radius 1 is 0.800 bits per heavy atom. The van der Waals surface area contributed by atoms with E-state index >= 15 is 0 Å². The molecule has 1 aliphatic heterocycles. The fourth-order valence-corrected chi connectivity index (χ4v) is 3.32. The molecule has 1 aliphatic rings. The maximum atomic E-state index is 12.8. The first-order chi connectivity index (χ1) is 14.6. The summed E-state index contributed by atoms with van der Waals surface area (Å²) in [7, 11) is 1.59. The van der Waals surface area contributed by atoms with E-state index in [1.165, 1.54) is 0 Å². The van der Waals surface area contributed by atoms with Crippen LogP contribution in [0.2, 0.25) is 0 Å². The van der Waals surface area contributed by atoms with Gasteiger partial charge in [-0.25, -0.2) is 0 Å². The molecule has 0 radical (unpaired) electrons. The van der Waals surface area contributed by atoms with Gasteiger partial charge in [-0.1, -0.05) is 0 Å². The van der Waals surface area contributed by atoms with Crippen molar-refractivity contribution < 1.29 is 23.8 Å². The third-order valence-electron chi connectivity index (χ3n) is 4.97. The van der Waals surface area contributed by atoms with E-state index in [9.17, 15) is 9.59 Å². The van der Waals surface area contributed by atoms with Crippen LogP contribution in [0.5, 0.6) is 17.2 Å². The smallest absolute Gasteiger partial charge is 0.260 e. The molecule has 1 heterocycles. The lowest BCUT2D eigenvalue weighted by Gasteiger charge is -2.22. The van der Waals surface area contributed by atoms with Crippen LogP contribution in [0.4, 0.5) is 0 Å². The van der Waals surface area contributed by atoms with Crippen molar-refractivity contribution in [3.05, 3.63) is 54.1 Å². The maximum absolute atomic E-state index is 12.8. The van der Waals surface area contributed by atoms with Crippen molar-refractivity contribution in [1.29, 1.82) is 0 Å². The third kappa shape index (κ3) is 5.65. The lowest BCUT2D eigenvalue weighted by molar-refractivity contribution is -0.133. The van der Waals surface area contributed by atoms with Crippen LogP contribution in [0.3, 0.4) is 0 Å². The molecule has 7 heteroatoms. The molecular weight excluding hydrogens is 384 g/mol. The number of amides is 2. The molecule has 2 amide bonds. The van der Waals surface area contributed by atoms with Gasteiger partial charge in [0.25, 0.3) is 11.8 Å². The summed E-state index contributed by atoms with van der Waals surface area (Å²) >= 11 is 0. The molecule has 0 N–H and O–H groups in total. The Kier molecular flexibility index (Phi) is 7.54. The summed E-state index contributed by atoms with van der Waals surface area (Å²) in [4.78, 5) is 28.9. The van der Waals surface area contributed by atoms with Gasteiger partial charge < -0.3 is 24.0 Å². The highest BCUT2D eigenvalue weighted by molar-refractivity contribution is 5.94. The van der Waals surface area contributed by atoms with Crippen molar-refractivity contribution in [3.63, 3.8) is 0 Å². The van der Waals surface area contributed by atoms with Gasteiger partial charge >= 0.3 is 0 Å². The van der Waals surface area contributed by atoms with Gasteiger partial charge in [0, 0.05) is 31.7 Å². The molecule has 2 aromatic carbocycles. The fourth-order valence-electron chi connectivity index (χ4n) is 3.32. The second kappa shape index (κ2) is 10.5. The molecule has 0 saturated carbocycles. The summed E-state index contributed by atoms with van der Waals surface area (Å²) in [5, 5.41) is 0. The minimum atomic E-state index is -0.0809. The highest BCUT2D eigenvalue weighted by atomic mass is 16.5. The molecule has 7 nitrogen and oxygen atoms in total. The van der Waals surface area contributed by atoms with Gasteiger partial charge in [-0.2, -0.15) is 0 Å². The Morgan fingerprint density at radius 2 is 1.37 bits per heavy atom. The van der Waals surface area contributed by atoms with E-state index in [2.05, 4.69) is 0 Å². The first-order valence-corrected chi connectivity index (χ1v) is 10.2. The second-order valence-corrected chi connectivity index (χ2v) is 6.95. The molecule has 3 rings (SSSR count). The van der Waals surface area contributed by atoms with E-state index in [1.807, 2.05) is 19.1 Å². The summed E-state index contributed by atoms with van der Waals surface area (Å²) in [6.07, 6.45) is 0.733. The highest BCUT2D eigenvalue weighted by Crippen LogP contribution is 2.18. The molecule has 0 aromatic heterocycles. The summed E-state index contributed by atoms with van der Waals surface area (Å²) in [5.74, 6) is 2.00. The Balaban J connectivity index is 1.49. The number of carbonyl (C=O) groups is 2. The van der Waals surface area contributed by atoms with Crippen molar-refractivity contribution >= 4 is 11.8 Å². The van der Waals surface area contributed by atoms with Crippen LogP contribution in [0.25, 0.3) is 0 Å². The average Bonchev–Trinajstić information content (AvgIpc) is 3.04. The standard InChI is InChI=1S/C23H28N2O5/c1-3-29-20-9-11-21(12-10-20)30-17-22(26)24-13-4-14-25(16-15-24)23(27)18-5-7-19(28-2)8-6-18/h5-12H,3-4,13-17H2,1-2H3. The predicted molar refractivity (Wildman–Crippen MR) is 113 cm³/mol. The maximum Gasteiger partial charge on any atom is 0.260 e. The van der Waals surface area contributed by atoms with Gasteiger partial charge in [-0.3, -0.25) is 9.59 Å². The molecule has 0 bridgehead atoms. The Bertz CT molecular complexity index is 836. The molecule has 30 heavy (non-hydrogen) atoms. The lowest BCUT2D eigenvalue weighted by Crippen LogP contribution is -2.39. The van der Waals surface area contributed by atoms with Crippen molar-refractivity contribution in [2.75, 3.05) is 46.5 Å². The topological polar surface area (TPSA) is 68.3 Å². The van der Waals surface area contributed by atoms with E-state index in [1.54, 1.807) is 53.3 Å². The summed E-state index contributed by atoms with van der Waals surface area (Å²) in [6, 6.07) is 14.3. The molecule has 1 fully saturated rings. The second-order valence-electron chi connectivity index (χ2n) is 6.95. The summed E-state index contributed by atoms with van der Waals surface area (Å²) in [5.41, 5.74) is 0.620. The minimum Gasteiger partial charge on any atom is -0.497 e. The van der Waals surface area contributed by atoms with Crippen molar-refractivity contribution in [2.45, 2.75) is 13.3 Å². The number of ether oxygens (including phenoxy) is 3. The van der Waals surface area contributed by atoms with Gasteiger partial charge in [-0.15, -0.1) is 0 Å².